The number of aromatic hydroxyl groups is 1. The van der Waals surface area contributed by atoms with E-state index in [2.05, 4.69) is 17.0 Å². The van der Waals surface area contributed by atoms with Gasteiger partial charge in [-0.15, -0.1) is 0 Å². The van der Waals surface area contributed by atoms with Crippen molar-refractivity contribution >= 4 is 27.1 Å². The molecule has 6 rings (SSSR count). The summed E-state index contributed by atoms with van der Waals surface area (Å²) in [6.07, 6.45) is 7.73. The molecule has 2 aromatic heterocycles. The second kappa shape index (κ2) is 11.5. The van der Waals surface area contributed by atoms with E-state index in [4.69, 9.17) is 8.92 Å². The molecule has 2 saturated carbocycles. The number of carbonyl (C=O) groups is 1. The molecular formula is C31H41N5O8S. The van der Waals surface area contributed by atoms with Crippen molar-refractivity contribution in [1.29, 1.82) is 0 Å². The van der Waals surface area contributed by atoms with Gasteiger partial charge in [0.05, 0.1) is 54.5 Å². The van der Waals surface area contributed by atoms with Gasteiger partial charge in [-0.1, -0.05) is 13.8 Å². The summed E-state index contributed by atoms with van der Waals surface area (Å²) in [7, 11) is -3.47. The molecule has 244 valence electrons. The Morgan fingerprint density at radius 2 is 1.71 bits per heavy atom. The number of ether oxygens (including phenoxy) is 1. The minimum atomic E-state index is -3.47. The van der Waals surface area contributed by atoms with Crippen molar-refractivity contribution < 1.29 is 32.3 Å². The monoisotopic (exact) mass is 643 g/mol. The van der Waals surface area contributed by atoms with Crippen LogP contribution in [0.1, 0.15) is 58.8 Å². The lowest BCUT2D eigenvalue weighted by Gasteiger charge is -2.40. The molecule has 45 heavy (non-hydrogen) atoms. The van der Waals surface area contributed by atoms with Crippen LogP contribution < -0.4 is 5.56 Å². The van der Waals surface area contributed by atoms with Crippen LogP contribution in [0.5, 0.6) is 5.75 Å². The van der Waals surface area contributed by atoms with Crippen molar-refractivity contribution in [2.75, 3.05) is 26.0 Å². The van der Waals surface area contributed by atoms with Gasteiger partial charge in [0.25, 0.3) is 15.7 Å². The van der Waals surface area contributed by atoms with Crippen molar-refractivity contribution in [3.63, 3.8) is 0 Å². The summed E-state index contributed by atoms with van der Waals surface area (Å²) in [5.41, 5.74) is -1.29. The molecule has 0 spiro atoms. The second-order valence-electron chi connectivity index (χ2n) is 13.6. The average Bonchev–Trinajstić information content (AvgIpc) is 3.31. The van der Waals surface area contributed by atoms with E-state index in [0.717, 1.165) is 19.1 Å². The van der Waals surface area contributed by atoms with Gasteiger partial charge in [-0.2, -0.15) is 13.5 Å². The van der Waals surface area contributed by atoms with Crippen molar-refractivity contribution in [2.24, 2.45) is 10.8 Å². The molecule has 2 N–H and O–H groups in total. The number of likely N-dealkylation sites (tertiary alicyclic amines) is 1. The molecule has 1 amide bonds. The number of benzene rings is 1. The zero-order valence-corrected chi connectivity index (χ0v) is 26.7. The highest BCUT2D eigenvalue weighted by Crippen LogP contribution is 2.64. The van der Waals surface area contributed by atoms with Crippen LogP contribution in [0.2, 0.25) is 0 Å². The smallest absolute Gasteiger partial charge is 0.264 e. The lowest BCUT2D eigenvalue weighted by Crippen LogP contribution is -2.51. The lowest BCUT2D eigenvalue weighted by atomic mass is 9.89. The molecule has 0 bridgehead atoms. The van der Waals surface area contributed by atoms with E-state index < -0.39 is 21.1 Å². The van der Waals surface area contributed by atoms with Crippen LogP contribution in [0, 0.1) is 10.8 Å². The Kier molecular flexibility index (Phi) is 8.07. The highest BCUT2D eigenvalue weighted by atomic mass is 32.2. The van der Waals surface area contributed by atoms with E-state index >= 15 is 0 Å². The minimum Gasteiger partial charge on any atom is -0.508 e. The molecule has 2 aliphatic carbocycles. The molecule has 3 aromatic rings. The molecule has 1 unspecified atom stereocenters. The molecule has 0 radical (unpaired) electrons. The van der Waals surface area contributed by atoms with E-state index in [9.17, 15) is 28.2 Å². The third-order valence-corrected chi connectivity index (χ3v) is 10.7. The van der Waals surface area contributed by atoms with E-state index in [1.54, 1.807) is 12.1 Å². The number of aliphatic hydroxyl groups is 1. The predicted molar refractivity (Wildman–Crippen MR) is 164 cm³/mol. The summed E-state index contributed by atoms with van der Waals surface area (Å²) in [4.78, 5) is 33.2. The van der Waals surface area contributed by atoms with Crippen molar-refractivity contribution in [1.82, 2.24) is 24.2 Å². The summed E-state index contributed by atoms with van der Waals surface area (Å²) < 4.78 is 37.1. The Bertz CT molecular complexity index is 1740. The van der Waals surface area contributed by atoms with Crippen LogP contribution in [-0.4, -0.2) is 92.5 Å². The van der Waals surface area contributed by atoms with Gasteiger partial charge in [0.2, 0.25) is 5.91 Å². The fourth-order valence-electron chi connectivity index (χ4n) is 6.92. The van der Waals surface area contributed by atoms with Gasteiger partial charge in [0.15, 0.2) is 5.65 Å². The fraction of sp³-hybridized carbons (Fsp3) is 0.613. The van der Waals surface area contributed by atoms with Gasteiger partial charge in [0, 0.05) is 18.5 Å². The number of phenols is 1. The lowest BCUT2D eigenvalue weighted by molar-refractivity contribution is -0.143. The van der Waals surface area contributed by atoms with Gasteiger partial charge in [-0.25, -0.2) is 9.67 Å². The molecule has 1 aliphatic heterocycles. The number of hydrogen-bond acceptors (Lipinski definition) is 10. The van der Waals surface area contributed by atoms with Gasteiger partial charge < -0.3 is 19.8 Å². The molecule has 3 fully saturated rings. The van der Waals surface area contributed by atoms with Gasteiger partial charge in [-0.3, -0.25) is 18.3 Å². The Labute approximate surface area is 261 Å². The quantitative estimate of drug-likeness (QED) is 0.331. The molecule has 3 heterocycles. The first-order chi connectivity index (χ1) is 21.2. The first-order valence-corrected chi connectivity index (χ1v) is 17.2. The van der Waals surface area contributed by atoms with Crippen LogP contribution in [0.4, 0.5) is 0 Å². The maximum atomic E-state index is 13.7. The Hall–Kier alpha value is -3.33. The number of aromatic nitrogens is 4. The highest BCUT2D eigenvalue weighted by molar-refractivity contribution is 7.86. The average molecular weight is 644 g/mol. The third kappa shape index (κ3) is 6.38. The molecule has 14 heteroatoms. The number of phenolic OH excluding ortho intramolecular Hbond substituents is 1. The van der Waals surface area contributed by atoms with Crippen molar-refractivity contribution in [3.05, 3.63) is 47.1 Å². The highest BCUT2D eigenvalue weighted by Gasteiger charge is 2.67. The summed E-state index contributed by atoms with van der Waals surface area (Å²) in [6.45, 7) is 5.33. The van der Waals surface area contributed by atoms with Crippen LogP contribution in [0.25, 0.3) is 16.7 Å². The molecule has 3 aliphatic rings. The first-order valence-electron chi connectivity index (χ1n) is 15.4. The van der Waals surface area contributed by atoms with Crippen LogP contribution in [0.3, 0.4) is 0 Å². The number of piperidine rings is 1. The van der Waals surface area contributed by atoms with Crippen molar-refractivity contribution in [2.45, 2.75) is 83.1 Å². The summed E-state index contributed by atoms with van der Waals surface area (Å²) >= 11 is 0. The molecule has 2 atom stereocenters. The molecule has 1 aromatic carbocycles. The zero-order chi connectivity index (χ0) is 32.2. The fourth-order valence-corrected chi connectivity index (χ4v) is 7.61. The molecular weight excluding hydrogens is 602 g/mol. The number of fused-ring (bicyclic) bond motifs is 1. The number of amides is 1. The number of carbonyl (C=O) groups excluding carboxylic acids is 1. The number of hydrogen-bond donors (Lipinski definition) is 2. The van der Waals surface area contributed by atoms with E-state index in [0.29, 0.717) is 68.5 Å². The van der Waals surface area contributed by atoms with Crippen LogP contribution in [-0.2, 0) is 30.4 Å². The SMILES string of the molecule is CC1(C(=O)N2CCC(O)(Cn3cnc4c(cnn4-c4ccc(O)cc4)c3=O)CC2)C[C@]1(C)COC1CCC(OS(C)(=O)=O)CC1. The summed E-state index contributed by atoms with van der Waals surface area (Å²) in [5, 5.41) is 25.6. The maximum Gasteiger partial charge on any atom is 0.264 e. The van der Waals surface area contributed by atoms with Crippen LogP contribution in [0.15, 0.2) is 41.6 Å². The zero-order valence-electron chi connectivity index (χ0n) is 25.9. The van der Waals surface area contributed by atoms with Gasteiger partial charge in [0.1, 0.15) is 17.5 Å². The first kappa shape index (κ1) is 31.6. The largest absolute Gasteiger partial charge is 0.508 e. The third-order valence-electron chi connectivity index (χ3n) is 10.1. The number of nitrogens with zero attached hydrogens (tertiary/aromatic N) is 5. The molecule has 13 nitrogen and oxygen atoms in total. The predicted octanol–water partition coefficient (Wildman–Crippen LogP) is 2.36. The maximum absolute atomic E-state index is 13.7. The van der Waals surface area contributed by atoms with Gasteiger partial charge >= 0.3 is 0 Å². The van der Waals surface area contributed by atoms with Crippen LogP contribution >= 0.6 is 0 Å². The topological polar surface area (TPSA) is 166 Å². The second-order valence-corrected chi connectivity index (χ2v) is 15.2. The number of rotatable bonds is 9. The normalized spacial score (nSPS) is 28.3. The Morgan fingerprint density at radius 3 is 2.36 bits per heavy atom. The molecule has 1 saturated heterocycles. The minimum absolute atomic E-state index is 0.0189. The summed E-state index contributed by atoms with van der Waals surface area (Å²) in [5.74, 6) is 0.180. The standard InChI is InChI=1S/C31H41N5O8S/c1-29(19-43-23-8-10-24(11-9-23)44-45(3,41)42)17-30(29,2)28(39)34-14-12-31(40,13-15-34)18-35-20-32-26-25(27(35)38)16-33-36(26)21-4-6-22(37)7-5-21/h4-7,16,20,23-24,37,40H,8-15,17-19H2,1-3H3/t23?,24?,29-,30?/m1/s1. The van der Waals surface area contributed by atoms with Crippen molar-refractivity contribution in [3.8, 4) is 11.4 Å². The van der Waals surface area contributed by atoms with Gasteiger partial charge in [-0.05, 0) is 69.2 Å². The van der Waals surface area contributed by atoms with E-state index in [-0.39, 0.29) is 41.4 Å². The van der Waals surface area contributed by atoms with E-state index in [1.807, 2.05) is 11.8 Å². The Morgan fingerprint density at radius 1 is 1.07 bits per heavy atom. The van der Waals surface area contributed by atoms with E-state index in [1.165, 1.54) is 33.9 Å². The summed E-state index contributed by atoms with van der Waals surface area (Å²) in [6, 6.07) is 6.42. The Balaban J connectivity index is 1.02.